The van der Waals surface area contributed by atoms with Gasteiger partial charge in [-0.3, -0.25) is 9.69 Å². The number of ketones is 1. The molecular weight excluding hydrogens is 496 g/mol. The van der Waals surface area contributed by atoms with Crippen molar-refractivity contribution in [3.8, 4) is 0 Å². The number of hydrogen-bond acceptors (Lipinski definition) is 8. The van der Waals surface area contributed by atoms with E-state index in [4.69, 9.17) is 24.7 Å². The summed E-state index contributed by atoms with van der Waals surface area (Å²) in [5.74, 6) is 0.780. The maximum absolute atomic E-state index is 13.3. The van der Waals surface area contributed by atoms with Gasteiger partial charge in [0.15, 0.2) is 5.78 Å². The zero-order valence-electron chi connectivity index (χ0n) is 23.7. The second-order valence-corrected chi connectivity index (χ2v) is 13.2. The Morgan fingerprint density at radius 3 is 2.62 bits per heavy atom. The summed E-state index contributed by atoms with van der Waals surface area (Å²) in [5.41, 5.74) is 5.67. The van der Waals surface area contributed by atoms with E-state index in [1.807, 2.05) is 19.2 Å². The van der Waals surface area contributed by atoms with E-state index in [2.05, 4.69) is 11.8 Å². The monoisotopic (exact) mass is 540 g/mol. The Balaban J connectivity index is 1.33. The van der Waals surface area contributed by atoms with Crippen LogP contribution < -0.4 is 5.73 Å². The zero-order chi connectivity index (χ0) is 27.3. The molecule has 7 bridgehead atoms. The molecule has 1 aromatic rings. The fourth-order valence-electron chi connectivity index (χ4n) is 11.5. The Morgan fingerprint density at radius 2 is 1.92 bits per heavy atom. The summed E-state index contributed by atoms with van der Waals surface area (Å²) in [6.07, 6.45) is 4.30. The average molecular weight is 541 g/mol. The fourth-order valence-corrected chi connectivity index (χ4v) is 11.5. The molecule has 0 radical (unpaired) electrons. The zero-order valence-corrected chi connectivity index (χ0v) is 23.7. The number of hydrogen-bond donors (Lipinski definition) is 2. The molecule has 12 unspecified atom stereocenters. The van der Waals surface area contributed by atoms with Gasteiger partial charge in [-0.2, -0.15) is 0 Å². The van der Waals surface area contributed by atoms with Crippen LogP contribution in [0, 0.1) is 35.0 Å². The number of piperidine rings is 1. The van der Waals surface area contributed by atoms with Gasteiger partial charge in [0.05, 0.1) is 29.5 Å². The van der Waals surface area contributed by atoms with E-state index >= 15 is 0 Å². The van der Waals surface area contributed by atoms with Gasteiger partial charge in [-0.15, -0.1) is 0 Å². The topological polar surface area (TPSA) is 103 Å². The van der Waals surface area contributed by atoms with E-state index in [1.54, 1.807) is 26.4 Å². The maximum Gasteiger partial charge on any atom is 0.190 e. The Kier molecular flexibility index (Phi) is 6.06. The van der Waals surface area contributed by atoms with Crippen molar-refractivity contribution >= 4 is 11.5 Å². The summed E-state index contributed by atoms with van der Waals surface area (Å²) in [6.45, 7) is 3.88. The molecule has 12 atom stereocenters. The van der Waals surface area contributed by atoms with Crippen molar-refractivity contribution < 1.29 is 28.8 Å². The summed E-state index contributed by atoms with van der Waals surface area (Å²) in [5, 5.41) is 12.8. The third-order valence-electron chi connectivity index (χ3n) is 12.5. The molecule has 1 spiro atoms. The van der Waals surface area contributed by atoms with Gasteiger partial charge in [-0.25, -0.2) is 0 Å². The Hall–Kier alpha value is -1.55. The molecule has 6 fully saturated rings. The number of nitrogens with zero attached hydrogens (tertiary/aromatic N) is 1. The normalized spacial score (nSPS) is 49.3. The van der Waals surface area contributed by atoms with Gasteiger partial charge < -0.3 is 29.8 Å². The lowest BCUT2D eigenvalue weighted by molar-refractivity contribution is -0.290. The fraction of sp³-hybridized carbons (Fsp3) is 0.774. The van der Waals surface area contributed by atoms with Crippen LogP contribution in [-0.2, 0) is 18.9 Å². The van der Waals surface area contributed by atoms with Gasteiger partial charge >= 0.3 is 0 Å². The molecule has 1 heterocycles. The number of methoxy groups -OCH3 is 3. The maximum atomic E-state index is 13.3. The standard InChI is InChI=1S/C31H44N2O6/c1-5-33-16-29(39-15-22(34)17-8-6-7-9-21(17)32)11-10-25(37-3)31-19-12-18-23(36-2)14-30(35,26(19)27(18)38-4)20(28(31)33)13-24(29)31/h6-9,18-20,23-28,35H,5,10-16,32H2,1-4H3. The molecular formula is C31H44N2O6. The van der Waals surface area contributed by atoms with Crippen LogP contribution in [0.3, 0.4) is 0 Å². The van der Waals surface area contributed by atoms with Crippen molar-refractivity contribution in [2.24, 2.45) is 35.0 Å². The number of likely N-dealkylation sites (tertiary alicyclic amines) is 1. The number of nitrogen functional groups attached to an aromatic ring is 1. The first-order chi connectivity index (χ1) is 18.8. The minimum Gasteiger partial charge on any atom is -0.398 e. The number of ether oxygens (including phenoxy) is 4. The van der Waals surface area contributed by atoms with E-state index in [0.717, 1.165) is 38.8 Å². The summed E-state index contributed by atoms with van der Waals surface area (Å²) in [4.78, 5) is 15.9. The third kappa shape index (κ3) is 3.14. The Labute approximate surface area is 231 Å². The number of benzene rings is 1. The number of rotatable bonds is 8. The molecule has 7 rings (SSSR count). The van der Waals surface area contributed by atoms with Crippen LogP contribution in [0.4, 0.5) is 5.69 Å². The summed E-state index contributed by atoms with van der Waals surface area (Å²) < 4.78 is 25.5. The number of anilines is 1. The van der Waals surface area contributed by atoms with Crippen LogP contribution in [-0.4, -0.2) is 92.4 Å². The number of para-hydroxylation sites is 1. The van der Waals surface area contributed by atoms with Gasteiger partial charge in [-0.1, -0.05) is 19.1 Å². The average Bonchev–Trinajstić information content (AvgIpc) is 3.41. The van der Waals surface area contributed by atoms with Crippen molar-refractivity contribution in [2.45, 2.75) is 74.6 Å². The lowest BCUT2D eigenvalue weighted by Crippen LogP contribution is -2.78. The second kappa shape index (κ2) is 8.97. The Morgan fingerprint density at radius 1 is 1.13 bits per heavy atom. The first-order valence-corrected chi connectivity index (χ1v) is 14.9. The van der Waals surface area contributed by atoms with Crippen LogP contribution in [0.1, 0.15) is 49.4 Å². The molecule has 1 aromatic carbocycles. The first kappa shape index (κ1) is 26.4. The lowest BCUT2D eigenvalue weighted by atomic mass is 9.45. The molecule has 214 valence electrons. The van der Waals surface area contributed by atoms with E-state index in [0.29, 0.717) is 17.7 Å². The summed E-state index contributed by atoms with van der Waals surface area (Å²) >= 11 is 0. The SMILES string of the molecule is CCN1CC2(OCC(=O)c3ccccc3N)CCC(OC)C34C5CC6C(OC)CC(O)(C(CC23)C14)C5C6OC. The summed E-state index contributed by atoms with van der Waals surface area (Å²) in [6, 6.07) is 7.46. The van der Waals surface area contributed by atoms with Crippen LogP contribution >= 0.6 is 0 Å². The van der Waals surface area contributed by atoms with Gasteiger partial charge in [0, 0.05) is 74.8 Å². The number of likely N-dealkylation sites (N-methyl/N-ethyl adjacent to an activating group) is 1. The van der Waals surface area contributed by atoms with Crippen molar-refractivity contribution in [3.63, 3.8) is 0 Å². The molecule has 0 aromatic heterocycles. The molecule has 1 saturated heterocycles. The van der Waals surface area contributed by atoms with E-state index in [1.165, 1.54) is 0 Å². The van der Waals surface area contributed by atoms with Crippen molar-refractivity contribution in [1.82, 2.24) is 4.90 Å². The second-order valence-electron chi connectivity index (χ2n) is 13.2. The highest BCUT2D eigenvalue weighted by Crippen LogP contribution is 2.78. The number of nitrogens with two attached hydrogens (primary N) is 1. The predicted molar refractivity (Wildman–Crippen MR) is 145 cm³/mol. The van der Waals surface area contributed by atoms with Crippen LogP contribution in [0.2, 0.25) is 0 Å². The van der Waals surface area contributed by atoms with Crippen molar-refractivity contribution in [2.75, 3.05) is 46.8 Å². The first-order valence-electron chi connectivity index (χ1n) is 14.9. The third-order valence-corrected chi connectivity index (χ3v) is 12.5. The Bertz CT molecular complexity index is 1150. The van der Waals surface area contributed by atoms with Gasteiger partial charge in [0.1, 0.15) is 6.61 Å². The highest BCUT2D eigenvalue weighted by atomic mass is 16.5. The quantitative estimate of drug-likeness (QED) is 0.383. The highest BCUT2D eigenvalue weighted by molar-refractivity contribution is 6.01. The van der Waals surface area contributed by atoms with Crippen LogP contribution in [0.15, 0.2) is 24.3 Å². The molecule has 0 amide bonds. The number of carbonyl (C=O) groups is 1. The lowest BCUT2D eigenvalue weighted by Gasteiger charge is -2.69. The molecule has 8 heteroatoms. The molecule has 1 aliphatic heterocycles. The number of Topliss-reactive ketones (excluding diaryl/α,β-unsaturated/α-hetero) is 1. The molecule has 8 nitrogen and oxygen atoms in total. The number of fused-ring (bicyclic) bond motifs is 2. The number of carbonyl (C=O) groups excluding carboxylic acids is 1. The molecule has 6 aliphatic rings. The van der Waals surface area contributed by atoms with Gasteiger partial charge in [0.25, 0.3) is 0 Å². The van der Waals surface area contributed by atoms with E-state index < -0.39 is 11.2 Å². The smallest absolute Gasteiger partial charge is 0.190 e. The van der Waals surface area contributed by atoms with Crippen LogP contribution in [0.5, 0.6) is 0 Å². The van der Waals surface area contributed by atoms with Gasteiger partial charge in [-0.05, 0) is 56.2 Å². The summed E-state index contributed by atoms with van der Waals surface area (Å²) in [7, 11) is 5.45. The largest absolute Gasteiger partial charge is 0.398 e. The van der Waals surface area contributed by atoms with Crippen molar-refractivity contribution in [3.05, 3.63) is 29.8 Å². The van der Waals surface area contributed by atoms with Crippen LogP contribution in [0.25, 0.3) is 0 Å². The van der Waals surface area contributed by atoms with Crippen molar-refractivity contribution in [1.29, 1.82) is 0 Å². The minimum atomic E-state index is -0.859. The molecule has 39 heavy (non-hydrogen) atoms. The highest BCUT2D eigenvalue weighted by Gasteiger charge is 2.84. The molecule has 5 saturated carbocycles. The number of aliphatic hydroxyl groups is 1. The molecule has 3 N–H and O–H groups in total. The minimum absolute atomic E-state index is 0.00794. The van der Waals surface area contributed by atoms with E-state index in [-0.39, 0.29) is 71.7 Å². The predicted octanol–water partition coefficient (Wildman–Crippen LogP) is 2.77. The van der Waals surface area contributed by atoms with Gasteiger partial charge in [0.2, 0.25) is 0 Å². The molecule has 5 aliphatic carbocycles. The van der Waals surface area contributed by atoms with E-state index in [9.17, 15) is 9.90 Å².